The molecule has 0 N–H and O–H groups in total. The first kappa shape index (κ1) is 8.02. The molecule has 2 heteroatoms. The van der Waals surface area contributed by atoms with Gasteiger partial charge in [0, 0.05) is 0 Å². The van der Waals surface area contributed by atoms with Crippen LogP contribution in [0.5, 0.6) is 0 Å². The Kier molecular flexibility index (Phi) is 2.03. The van der Waals surface area contributed by atoms with Gasteiger partial charge in [-0.3, -0.25) is 0 Å². The topological polar surface area (TPSA) is 18.5 Å². The first-order valence-electron chi connectivity index (χ1n) is 4.48. The Bertz CT molecular complexity index is 220. The lowest BCUT2D eigenvalue weighted by Crippen LogP contribution is -2.39. The van der Waals surface area contributed by atoms with Gasteiger partial charge in [0.2, 0.25) is 5.79 Å². The minimum absolute atomic E-state index is 0.262. The van der Waals surface area contributed by atoms with E-state index < -0.39 is 5.79 Å². The van der Waals surface area contributed by atoms with Crippen LogP contribution < -0.4 is 0 Å². The Balaban J connectivity index is 2.18. The average molecular weight is 166 g/mol. The minimum Gasteiger partial charge on any atom is -0.343 e. The van der Waals surface area contributed by atoms with Crippen molar-refractivity contribution in [2.24, 2.45) is 0 Å². The molecule has 0 aromatic carbocycles. The number of rotatable bonds is 0. The van der Waals surface area contributed by atoms with Crippen LogP contribution in [0.15, 0.2) is 24.3 Å². The predicted octanol–water partition coefficient (Wildman–Crippen LogP) is 2.02. The fourth-order valence-corrected chi connectivity index (χ4v) is 1.58. The predicted molar refractivity (Wildman–Crippen MR) is 46.7 cm³/mol. The van der Waals surface area contributed by atoms with Crippen molar-refractivity contribution in [2.75, 3.05) is 6.61 Å². The molecule has 1 spiro atoms. The summed E-state index contributed by atoms with van der Waals surface area (Å²) in [5, 5.41) is 0. The third-order valence-electron chi connectivity index (χ3n) is 2.17. The molecule has 0 aromatic heterocycles. The lowest BCUT2D eigenvalue weighted by molar-refractivity contribution is -0.202. The Morgan fingerprint density at radius 1 is 1.33 bits per heavy atom. The van der Waals surface area contributed by atoms with E-state index in [4.69, 9.17) is 9.47 Å². The summed E-state index contributed by atoms with van der Waals surface area (Å²) in [5.41, 5.74) is 0. The van der Waals surface area contributed by atoms with Gasteiger partial charge in [-0.05, 0) is 31.9 Å². The van der Waals surface area contributed by atoms with Crippen molar-refractivity contribution in [1.29, 1.82) is 0 Å². The van der Waals surface area contributed by atoms with Crippen molar-refractivity contribution in [3.8, 4) is 0 Å². The average Bonchev–Trinajstić information content (AvgIpc) is 2.05. The summed E-state index contributed by atoms with van der Waals surface area (Å²) >= 11 is 0. The lowest BCUT2D eigenvalue weighted by Gasteiger charge is -2.35. The van der Waals surface area contributed by atoms with Crippen LogP contribution in [0.4, 0.5) is 0 Å². The van der Waals surface area contributed by atoms with Crippen molar-refractivity contribution < 1.29 is 9.47 Å². The van der Waals surface area contributed by atoms with Crippen LogP contribution >= 0.6 is 0 Å². The van der Waals surface area contributed by atoms with E-state index in [1.54, 1.807) is 0 Å². The molecule has 2 atom stereocenters. The third-order valence-corrected chi connectivity index (χ3v) is 2.17. The zero-order valence-corrected chi connectivity index (χ0v) is 7.32. The van der Waals surface area contributed by atoms with Crippen LogP contribution in [-0.4, -0.2) is 18.5 Å². The van der Waals surface area contributed by atoms with Crippen LogP contribution in [0.2, 0.25) is 0 Å². The highest BCUT2D eigenvalue weighted by Crippen LogP contribution is 2.28. The second-order valence-corrected chi connectivity index (χ2v) is 3.33. The lowest BCUT2D eigenvalue weighted by atomic mass is 10.1. The second kappa shape index (κ2) is 3.04. The maximum Gasteiger partial charge on any atom is 0.208 e. The van der Waals surface area contributed by atoms with E-state index in [1.165, 1.54) is 0 Å². The quantitative estimate of drug-likeness (QED) is 0.512. The van der Waals surface area contributed by atoms with Gasteiger partial charge in [0.25, 0.3) is 0 Å². The number of ether oxygens (including phenoxy) is 2. The normalized spacial score (nSPS) is 40.6. The monoisotopic (exact) mass is 166 g/mol. The molecule has 0 fully saturated rings. The number of hydrogen-bond donors (Lipinski definition) is 0. The fraction of sp³-hybridized carbons (Fsp3) is 0.600. The molecule has 0 saturated heterocycles. The molecule has 2 aliphatic rings. The Morgan fingerprint density at radius 3 is 2.83 bits per heavy atom. The van der Waals surface area contributed by atoms with Gasteiger partial charge in [-0.2, -0.15) is 0 Å². The van der Waals surface area contributed by atoms with E-state index in [9.17, 15) is 0 Å². The van der Waals surface area contributed by atoms with Crippen molar-refractivity contribution in [2.45, 2.75) is 31.7 Å². The Hall–Kier alpha value is -0.600. The summed E-state index contributed by atoms with van der Waals surface area (Å²) in [7, 11) is 0. The van der Waals surface area contributed by atoms with Gasteiger partial charge >= 0.3 is 0 Å². The van der Waals surface area contributed by atoms with Crippen LogP contribution in [0.1, 0.15) is 19.8 Å². The largest absolute Gasteiger partial charge is 0.343 e. The fourth-order valence-electron chi connectivity index (χ4n) is 1.58. The van der Waals surface area contributed by atoms with Crippen LogP contribution in [0, 0.1) is 0 Å². The summed E-state index contributed by atoms with van der Waals surface area (Å²) in [4.78, 5) is 0. The van der Waals surface area contributed by atoms with Gasteiger partial charge in [-0.25, -0.2) is 0 Å². The van der Waals surface area contributed by atoms with Crippen molar-refractivity contribution in [1.82, 2.24) is 0 Å². The maximum atomic E-state index is 5.72. The third kappa shape index (κ3) is 1.45. The van der Waals surface area contributed by atoms with Gasteiger partial charge in [-0.1, -0.05) is 12.2 Å². The van der Waals surface area contributed by atoms with E-state index in [0.717, 1.165) is 19.4 Å². The summed E-state index contributed by atoms with van der Waals surface area (Å²) in [6.07, 6.45) is 10.5. The van der Waals surface area contributed by atoms with Gasteiger partial charge in [0.05, 0.1) is 12.7 Å². The highest BCUT2D eigenvalue weighted by atomic mass is 16.7. The molecule has 0 unspecified atom stereocenters. The van der Waals surface area contributed by atoms with Gasteiger partial charge < -0.3 is 9.47 Å². The standard InChI is InChI=1S/C10H14O2/c1-9-5-4-7-10(12-9)6-2-3-8-11-10/h2,4,6-7,9H,3,5,8H2,1H3/t9-,10+/m1/s1. The molecule has 2 heterocycles. The Labute approximate surface area is 72.9 Å². The molecule has 0 aromatic rings. The summed E-state index contributed by atoms with van der Waals surface area (Å²) in [6, 6.07) is 0. The SMILES string of the molecule is C[C@@H]1CC=C[C@]2(C=CCCO2)O1. The molecule has 0 aliphatic carbocycles. The molecule has 2 rings (SSSR count). The van der Waals surface area contributed by atoms with Crippen LogP contribution in [-0.2, 0) is 9.47 Å². The summed E-state index contributed by atoms with van der Waals surface area (Å²) < 4.78 is 11.3. The molecule has 0 radical (unpaired) electrons. The zero-order valence-electron chi connectivity index (χ0n) is 7.32. The van der Waals surface area contributed by atoms with Gasteiger partial charge in [-0.15, -0.1) is 0 Å². The first-order valence-corrected chi connectivity index (χ1v) is 4.48. The van der Waals surface area contributed by atoms with E-state index in [2.05, 4.69) is 19.1 Å². The number of hydrogen-bond acceptors (Lipinski definition) is 2. The molecule has 0 amide bonds. The Morgan fingerprint density at radius 2 is 2.17 bits per heavy atom. The van der Waals surface area contributed by atoms with E-state index in [0.29, 0.717) is 0 Å². The molecule has 0 bridgehead atoms. The van der Waals surface area contributed by atoms with E-state index in [1.807, 2.05) is 12.2 Å². The zero-order chi connectivity index (χ0) is 8.44. The van der Waals surface area contributed by atoms with Crippen molar-refractivity contribution in [3.05, 3.63) is 24.3 Å². The van der Waals surface area contributed by atoms with Gasteiger partial charge in [0.1, 0.15) is 0 Å². The minimum atomic E-state index is -0.532. The molecule has 2 nitrogen and oxygen atoms in total. The molecule has 0 saturated carbocycles. The van der Waals surface area contributed by atoms with Gasteiger partial charge in [0.15, 0.2) is 0 Å². The summed E-state index contributed by atoms with van der Waals surface area (Å²) in [6.45, 7) is 2.82. The molecular weight excluding hydrogens is 152 g/mol. The van der Waals surface area contributed by atoms with Crippen molar-refractivity contribution in [3.63, 3.8) is 0 Å². The second-order valence-electron chi connectivity index (χ2n) is 3.33. The highest BCUT2D eigenvalue weighted by molar-refractivity contribution is 5.14. The van der Waals surface area contributed by atoms with Crippen LogP contribution in [0.3, 0.4) is 0 Å². The smallest absolute Gasteiger partial charge is 0.208 e. The van der Waals surface area contributed by atoms with Crippen molar-refractivity contribution >= 4 is 0 Å². The van der Waals surface area contributed by atoms with E-state index in [-0.39, 0.29) is 6.10 Å². The van der Waals surface area contributed by atoms with Crippen LogP contribution in [0.25, 0.3) is 0 Å². The first-order chi connectivity index (χ1) is 5.81. The summed E-state index contributed by atoms with van der Waals surface area (Å²) in [5.74, 6) is -0.532. The van der Waals surface area contributed by atoms with E-state index >= 15 is 0 Å². The molecule has 12 heavy (non-hydrogen) atoms. The maximum absolute atomic E-state index is 5.72. The molecule has 66 valence electrons. The molecular formula is C10H14O2. The highest BCUT2D eigenvalue weighted by Gasteiger charge is 2.31. The molecule has 2 aliphatic heterocycles.